The van der Waals surface area contributed by atoms with Crippen molar-refractivity contribution in [3.63, 3.8) is 0 Å². The highest BCUT2D eigenvalue weighted by Gasteiger charge is 2.34. The topological polar surface area (TPSA) is 85.3 Å². The summed E-state index contributed by atoms with van der Waals surface area (Å²) in [5.74, 6) is 0.164. The molecule has 0 saturated heterocycles. The van der Waals surface area contributed by atoms with Gasteiger partial charge in [-0.1, -0.05) is 28.5 Å². The number of halogens is 3. The predicted octanol–water partition coefficient (Wildman–Crippen LogP) is 5.09. The molecule has 0 N–H and O–H groups in total. The summed E-state index contributed by atoms with van der Waals surface area (Å²) in [5, 5.41) is 8.10. The number of benzene rings is 1. The highest BCUT2D eigenvalue weighted by atomic mass is 19.4. The predicted molar refractivity (Wildman–Crippen MR) is 109 cm³/mol. The van der Waals surface area contributed by atoms with Crippen LogP contribution in [0.1, 0.15) is 38.6 Å². The van der Waals surface area contributed by atoms with Crippen LogP contribution in [0.2, 0.25) is 0 Å². The van der Waals surface area contributed by atoms with E-state index in [-0.39, 0.29) is 29.1 Å². The SMILES string of the molecule is Cc1noc(C)c1CN(C)C(=O)c1cc(-c2ccccc2C(F)(F)F)nc2onc(C)c12. The Bertz CT molecular complexity index is 1300. The van der Waals surface area contributed by atoms with E-state index in [1.807, 2.05) is 0 Å². The van der Waals surface area contributed by atoms with Crippen molar-refractivity contribution in [2.75, 3.05) is 7.05 Å². The zero-order chi connectivity index (χ0) is 23.2. The quantitative estimate of drug-likeness (QED) is 0.436. The van der Waals surface area contributed by atoms with Gasteiger partial charge in [0, 0.05) is 18.2 Å². The van der Waals surface area contributed by atoms with Crippen molar-refractivity contribution < 1.29 is 27.0 Å². The fraction of sp³-hybridized carbons (Fsp3) is 0.273. The molecule has 166 valence electrons. The molecule has 0 atom stereocenters. The van der Waals surface area contributed by atoms with Gasteiger partial charge < -0.3 is 13.9 Å². The Morgan fingerprint density at radius 2 is 1.75 bits per heavy atom. The third kappa shape index (κ3) is 3.72. The largest absolute Gasteiger partial charge is 0.417 e. The number of carbonyl (C=O) groups is 1. The van der Waals surface area contributed by atoms with Crippen molar-refractivity contribution in [1.82, 2.24) is 20.2 Å². The molecule has 10 heteroatoms. The molecule has 0 aliphatic rings. The minimum Gasteiger partial charge on any atom is -0.361 e. The molecular formula is C22H19F3N4O3. The van der Waals surface area contributed by atoms with Gasteiger partial charge >= 0.3 is 6.18 Å². The van der Waals surface area contributed by atoms with Gasteiger partial charge in [-0.3, -0.25) is 4.79 Å². The standard InChI is InChI=1S/C22H19F3N4O3/c1-11-16(13(3)31-27-11)10-29(4)21(30)15-9-18(26-20-19(15)12(2)28-32-20)14-7-5-6-8-17(14)22(23,24)25/h5-9H,10H2,1-4H3. The van der Waals surface area contributed by atoms with E-state index in [1.165, 1.54) is 29.2 Å². The van der Waals surface area contributed by atoms with Crippen LogP contribution in [-0.2, 0) is 12.7 Å². The first-order valence-electron chi connectivity index (χ1n) is 9.68. The Morgan fingerprint density at radius 3 is 2.41 bits per heavy atom. The van der Waals surface area contributed by atoms with Crippen LogP contribution < -0.4 is 0 Å². The molecule has 0 aliphatic heterocycles. The summed E-state index contributed by atoms with van der Waals surface area (Å²) in [6.07, 6.45) is -4.59. The van der Waals surface area contributed by atoms with E-state index >= 15 is 0 Å². The lowest BCUT2D eigenvalue weighted by Crippen LogP contribution is -2.27. The maximum absolute atomic E-state index is 13.6. The van der Waals surface area contributed by atoms with Crippen LogP contribution in [0, 0.1) is 20.8 Å². The van der Waals surface area contributed by atoms with Crippen molar-refractivity contribution in [1.29, 1.82) is 0 Å². The lowest BCUT2D eigenvalue weighted by Gasteiger charge is -2.18. The van der Waals surface area contributed by atoms with E-state index in [2.05, 4.69) is 15.3 Å². The minimum atomic E-state index is -4.59. The van der Waals surface area contributed by atoms with Crippen molar-refractivity contribution in [3.05, 3.63) is 64.2 Å². The highest BCUT2D eigenvalue weighted by Crippen LogP contribution is 2.37. The molecule has 4 rings (SSSR count). The smallest absolute Gasteiger partial charge is 0.361 e. The number of rotatable bonds is 4. The van der Waals surface area contributed by atoms with E-state index in [0.717, 1.165) is 11.6 Å². The molecule has 32 heavy (non-hydrogen) atoms. The van der Waals surface area contributed by atoms with Gasteiger partial charge in [0.25, 0.3) is 11.6 Å². The van der Waals surface area contributed by atoms with Gasteiger partial charge in [0.05, 0.1) is 40.1 Å². The van der Waals surface area contributed by atoms with E-state index in [9.17, 15) is 18.0 Å². The molecule has 1 amide bonds. The third-order valence-corrected chi connectivity index (χ3v) is 5.28. The summed E-state index contributed by atoms with van der Waals surface area (Å²) in [6, 6.07) is 6.41. The first-order valence-corrected chi connectivity index (χ1v) is 9.68. The molecule has 3 aromatic heterocycles. The first kappa shape index (κ1) is 21.5. The molecule has 3 heterocycles. The Hall–Kier alpha value is -3.69. The number of aromatic nitrogens is 3. The van der Waals surface area contributed by atoms with Gasteiger partial charge in [0.15, 0.2) is 0 Å². The first-order chi connectivity index (χ1) is 15.1. The van der Waals surface area contributed by atoms with Gasteiger partial charge in [0.2, 0.25) is 0 Å². The average Bonchev–Trinajstić information content (AvgIpc) is 3.28. The van der Waals surface area contributed by atoms with Crippen LogP contribution >= 0.6 is 0 Å². The highest BCUT2D eigenvalue weighted by molar-refractivity contribution is 6.07. The van der Waals surface area contributed by atoms with Gasteiger partial charge in [-0.2, -0.15) is 13.2 Å². The number of hydrogen-bond acceptors (Lipinski definition) is 6. The molecule has 4 aromatic rings. The summed E-state index contributed by atoms with van der Waals surface area (Å²) < 4.78 is 51.1. The molecule has 0 spiro atoms. The van der Waals surface area contributed by atoms with Crippen LogP contribution in [0.3, 0.4) is 0 Å². The number of alkyl halides is 3. The molecule has 0 unspecified atom stereocenters. The van der Waals surface area contributed by atoms with Crippen molar-refractivity contribution in [2.45, 2.75) is 33.5 Å². The second-order valence-electron chi connectivity index (χ2n) is 7.51. The Kier molecular flexibility index (Phi) is 5.23. The Labute approximate surface area is 180 Å². The number of aryl methyl sites for hydroxylation is 3. The Balaban J connectivity index is 1.84. The maximum atomic E-state index is 13.6. The van der Waals surface area contributed by atoms with Crippen LogP contribution in [0.4, 0.5) is 13.2 Å². The zero-order valence-corrected chi connectivity index (χ0v) is 17.7. The lowest BCUT2D eigenvalue weighted by atomic mass is 10.00. The molecule has 0 saturated carbocycles. The fourth-order valence-electron chi connectivity index (χ4n) is 3.60. The third-order valence-electron chi connectivity index (χ3n) is 5.28. The van der Waals surface area contributed by atoms with Gasteiger partial charge in [-0.15, -0.1) is 0 Å². The number of nitrogens with zero attached hydrogens (tertiary/aromatic N) is 4. The van der Waals surface area contributed by atoms with Crippen LogP contribution in [0.25, 0.3) is 22.4 Å². The van der Waals surface area contributed by atoms with E-state index in [4.69, 9.17) is 9.05 Å². The second-order valence-corrected chi connectivity index (χ2v) is 7.51. The number of hydrogen-bond donors (Lipinski definition) is 0. The molecule has 0 bridgehead atoms. The molecule has 0 fully saturated rings. The maximum Gasteiger partial charge on any atom is 0.417 e. The summed E-state index contributed by atoms with van der Waals surface area (Å²) in [5.41, 5.74) is 0.928. The van der Waals surface area contributed by atoms with Crippen LogP contribution in [-0.4, -0.2) is 33.2 Å². The fourth-order valence-corrected chi connectivity index (χ4v) is 3.60. The van der Waals surface area contributed by atoms with Crippen LogP contribution in [0.15, 0.2) is 39.4 Å². The van der Waals surface area contributed by atoms with Gasteiger partial charge in [-0.05, 0) is 32.9 Å². The number of fused-ring (bicyclic) bond motifs is 1. The molecular weight excluding hydrogens is 425 g/mol. The van der Waals surface area contributed by atoms with Crippen LogP contribution in [0.5, 0.6) is 0 Å². The Morgan fingerprint density at radius 1 is 1.06 bits per heavy atom. The van der Waals surface area contributed by atoms with Crippen molar-refractivity contribution >= 4 is 17.0 Å². The lowest BCUT2D eigenvalue weighted by molar-refractivity contribution is -0.137. The van der Waals surface area contributed by atoms with Gasteiger partial charge in [-0.25, -0.2) is 4.98 Å². The zero-order valence-electron chi connectivity index (χ0n) is 17.7. The number of carbonyl (C=O) groups excluding carboxylic acids is 1. The van der Waals surface area contributed by atoms with Crippen molar-refractivity contribution in [2.24, 2.45) is 0 Å². The molecule has 1 aromatic carbocycles. The van der Waals surface area contributed by atoms with E-state index in [0.29, 0.717) is 22.5 Å². The normalized spacial score (nSPS) is 11.8. The molecule has 0 aliphatic carbocycles. The summed E-state index contributed by atoms with van der Waals surface area (Å²) in [6.45, 7) is 5.37. The van der Waals surface area contributed by atoms with E-state index < -0.39 is 17.6 Å². The summed E-state index contributed by atoms with van der Waals surface area (Å²) in [7, 11) is 1.59. The summed E-state index contributed by atoms with van der Waals surface area (Å²) in [4.78, 5) is 19.0. The van der Waals surface area contributed by atoms with Crippen molar-refractivity contribution in [3.8, 4) is 11.3 Å². The molecule has 7 nitrogen and oxygen atoms in total. The molecule has 0 radical (unpaired) electrons. The second kappa shape index (κ2) is 7.77. The summed E-state index contributed by atoms with van der Waals surface area (Å²) >= 11 is 0. The van der Waals surface area contributed by atoms with E-state index in [1.54, 1.807) is 27.8 Å². The van der Waals surface area contributed by atoms with Gasteiger partial charge in [0.1, 0.15) is 5.76 Å². The number of amides is 1. The minimum absolute atomic E-state index is 0.00827. The average molecular weight is 444 g/mol. The number of pyridine rings is 1. The monoisotopic (exact) mass is 444 g/mol.